The summed E-state index contributed by atoms with van der Waals surface area (Å²) in [6, 6.07) is 5.29. The number of fused-ring (bicyclic) bond motifs is 1. The monoisotopic (exact) mass is 263 g/mol. The molecule has 1 aromatic carbocycles. The van der Waals surface area contributed by atoms with Crippen molar-refractivity contribution in [2.75, 3.05) is 7.11 Å². The molecule has 0 atom stereocenters. The molecule has 6 heteroatoms. The van der Waals surface area contributed by atoms with Crippen molar-refractivity contribution in [1.82, 2.24) is 9.55 Å². The molecule has 1 heterocycles. The molecular formula is C13H17N3O3. The van der Waals surface area contributed by atoms with Gasteiger partial charge in [0.1, 0.15) is 5.75 Å². The highest BCUT2D eigenvalue weighted by atomic mass is 16.5. The molecule has 0 bridgehead atoms. The standard InChI is InChI=1S/C13H17N3O3/c1-13(2,18)7-16-10-5-4-8(19-3)6-9(10)15-12(16)11(14)17/h4-6,18H,7H2,1-3H3,(H2,14,17). The number of rotatable bonds is 4. The maximum absolute atomic E-state index is 11.5. The zero-order valence-corrected chi connectivity index (χ0v) is 11.2. The summed E-state index contributed by atoms with van der Waals surface area (Å²) in [5.74, 6) is 0.154. The molecule has 1 amide bonds. The number of aliphatic hydroxyl groups is 1. The van der Waals surface area contributed by atoms with Gasteiger partial charge in [-0.15, -0.1) is 0 Å². The average molecular weight is 263 g/mol. The number of hydrogen-bond acceptors (Lipinski definition) is 4. The summed E-state index contributed by atoms with van der Waals surface area (Å²) < 4.78 is 6.74. The molecule has 19 heavy (non-hydrogen) atoms. The van der Waals surface area contributed by atoms with E-state index in [0.717, 1.165) is 5.52 Å². The minimum Gasteiger partial charge on any atom is -0.497 e. The molecule has 102 valence electrons. The number of nitrogens with zero attached hydrogens (tertiary/aromatic N) is 2. The normalized spacial score (nSPS) is 11.8. The zero-order chi connectivity index (χ0) is 14.2. The van der Waals surface area contributed by atoms with Gasteiger partial charge in [-0.2, -0.15) is 0 Å². The second-order valence-corrected chi connectivity index (χ2v) is 5.05. The molecule has 0 radical (unpaired) electrons. The summed E-state index contributed by atoms with van der Waals surface area (Å²) in [5.41, 5.74) is 5.70. The number of primary amides is 1. The first-order valence-electron chi connectivity index (χ1n) is 5.88. The van der Waals surface area contributed by atoms with Crippen LogP contribution in [0.25, 0.3) is 11.0 Å². The first-order valence-corrected chi connectivity index (χ1v) is 5.88. The Balaban J connectivity index is 2.64. The zero-order valence-electron chi connectivity index (χ0n) is 11.2. The summed E-state index contributed by atoms with van der Waals surface area (Å²) in [6.07, 6.45) is 0. The third kappa shape index (κ3) is 2.68. The fourth-order valence-corrected chi connectivity index (χ4v) is 1.97. The van der Waals surface area contributed by atoms with Gasteiger partial charge < -0.3 is 20.1 Å². The van der Waals surface area contributed by atoms with Crippen molar-refractivity contribution in [3.63, 3.8) is 0 Å². The van der Waals surface area contributed by atoms with Gasteiger partial charge in [-0.25, -0.2) is 4.98 Å². The molecule has 0 aliphatic heterocycles. The molecule has 2 rings (SSSR count). The van der Waals surface area contributed by atoms with E-state index < -0.39 is 11.5 Å². The van der Waals surface area contributed by atoms with Crippen molar-refractivity contribution >= 4 is 16.9 Å². The van der Waals surface area contributed by atoms with Crippen molar-refractivity contribution in [1.29, 1.82) is 0 Å². The van der Waals surface area contributed by atoms with Gasteiger partial charge in [0.05, 0.1) is 30.3 Å². The Labute approximate surface area is 110 Å². The third-order valence-corrected chi connectivity index (χ3v) is 2.72. The number of benzene rings is 1. The van der Waals surface area contributed by atoms with Gasteiger partial charge in [-0.1, -0.05) is 0 Å². The highest BCUT2D eigenvalue weighted by molar-refractivity contribution is 5.94. The number of carbonyl (C=O) groups excluding carboxylic acids is 1. The number of methoxy groups -OCH3 is 1. The molecule has 0 saturated heterocycles. The smallest absolute Gasteiger partial charge is 0.284 e. The Hall–Kier alpha value is -2.08. The Morgan fingerprint density at radius 3 is 2.74 bits per heavy atom. The van der Waals surface area contributed by atoms with Crippen LogP contribution in [0.1, 0.15) is 24.5 Å². The summed E-state index contributed by atoms with van der Waals surface area (Å²) >= 11 is 0. The van der Waals surface area contributed by atoms with Crippen LogP contribution in [0.5, 0.6) is 5.75 Å². The van der Waals surface area contributed by atoms with Crippen LogP contribution in [-0.2, 0) is 6.54 Å². The van der Waals surface area contributed by atoms with Crippen molar-refractivity contribution < 1.29 is 14.6 Å². The van der Waals surface area contributed by atoms with E-state index in [1.54, 1.807) is 43.7 Å². The van der Waals surface area contributed by atoms with Crippen molar-refractivity contribution in [2.45, 2.75) is 26.0 Å². The summed E-state index contributed by atoms with van der Waals surface area (Å²) in [5, 5.41) is 9.93. The van der Waals surface area contributed by atoms with Gasteiger partial charge in [0.25, 0.3) is 5.91 Å². The van der Waals surface area contributed by atoms with E-state index in [9.17, 15) is 9.90 Å². The van der Waals surface area contributed by atoms with E-state index in [1.165, 1.54) is 0 Å². The average Bonchev–Trinajstić information content (AvgIpc) is 2.65. The van der Waals surface area contributed by atoms with Crippen LogP contribution >= 0.6 is 0 Å². The SMILES string of the molecule is COc1ccc2c(c1)nc(C(N)=O)n2CC(C)(C)O. The van der Waals surface area contributed by atoms with Gasteiger partial charge in [-0.05, 0) is 26.0 Å². The summed E-state index contributed by atoms with van der Waals surface area (Å²) in [7, 11) is 1.56. The van der Waals surface area contributed by atoms with Crippen molar-refractivity contribution in [2.24, 2.45) is 5.73 Å². The molecular weight excluding hydrogens is 246 g/mol. The third-order valence-electron chi connectivity index (χ3n) is 2.72. The van der Waals surface area contributed by atoms with E-state index in [0.29, 0.717) is 11.3 Å². The molecule has 1 aromatic heterocycles. The lowest BCUT2D eigenvalue weighted by Gasteiger charge is -2.19. The second-order valence-electron chi connectivity index (χ2n) is 5.05. The molecule has 0 aliphatic rings. The summed E-state index contributed by atoms with van der Waals surface area (Å²) in [4.78, 5) is 15.7. The second kappa shape index (κ2) is 4.55. The molecule has 6 nitrogen and oxygen atoms in total. The van der Waals surface area contributed by atoms with E-state index in [4.69, 9.17) is 10.5 Å². The first kappa shape index (κ1) is 13.4. The molecule has 0 unspecified atom stereocenters. The van der Waals surface area contributed by atoms with E-state index in [1.807, 2.05) is 0 Å². The predicted molar refractivity (Wildman–Crippen MR) is 71.1 cm³/mol. The highest BCUT2D eigenvalue weighted by Crippen LogP contribution is 2.23. The molecule has 0 fully saturated rings. The predicted octanol–water partition coefficient (Wildman–Crippen LogP) is 0.915. The lowest BCUT2D eigenvalue weighted by molar-refractivity contribution is 0.0614. The molecule has 3 N–H and O–H groups in total. The van der Waals surface area contributed by atoms with Crippen molar-refractivity contribution in [3.8, 4) is 5.75 Å². The van der Waals surface area contributed by atoms with Crippen LogP contribution in [0, 0.1) is 0 Å². The number of carbonyl (C=O) groups is 1. The van der Waals surface area contributed by atoms with E-state index >= 15 is 0 Å². The molecule has 0 spiro atoms. The molecule has 0 aliphatic carbocycles. The number of imidazole rings is 1. The number of hydrogen-bond donors (Lipinski definition) is 2. The van der Waals surface area contributed by atoms with Crippen LogP contribution in [0.4, 0.5) is 0 Å². The van der Waals surface area contributed by atoms with Crippen LogP contribution < -0.4 is 10.5 Å². The lowest BCUT2D eigenvalue weighted by atomic mass is 10.1. The fourth-order valence-electron chi connectivity index (χ4n) is 1.97. The van der Waals surface area contributed by atoms with Gasteiger partial charge >= 0.3 is 0 Å². The van der Waals surface area contributed by atoms with Gasteiger partial charge in [-0.3, -0.25) is 4.79 Å². The van der Waals surface area contributed by atoms with Crippen LogP contribution in [0.3, 0.4) is 0 Å². The van der Waals surface area contributed by atoms with Gasteiger partial charge in [0.2, 0.25) is 0 Å². The lowest BCUT2D eigenvalue weighted by Crippen LogP contribution is -2.29. The number of ether oxygens (including phenoxy) is 1. The minimum absolute atomic E-state index is 0.130. The topological polar surface area (TPSA) is 90.4 Å². The molecule has 0 saturated carbocycles. The quantitative estimate of drug-likeness (QED) is 0.858. The van der Waals surface area contributed by atoms with Gasteiger partial charge in [0, 0.05) is 6.07 Å². The van der Waals surface area contributed by atoms with E-state index in [-0.39, 0.29) is 12.4 Å². The first-order chi connectivity index (χ1) is 8.81. The highest BCUT2D eigenvalue weighted by Gasteiger charge is 2.21. The maximum atomic E-state index is 11.5. The molecule has 2 aromatic rings. The fraction of sp³-hybridized carbons (Fsp3) is 0.385. The maximum Gasteiger partial charge on any atom is 0.284 e. The Morgan fingerprint density at radius 1 is 1.53 bits per heavy atom. The van der Waals surface area contributed by atoms with Crippen LogP contribution in [-0.4, -0.2) is 33.3 Å². The van der Waals surface area contributed by atoms with Crippen LogP contribution in [0.15, 0.2) is 18.2 Å². The minimum atomic E-state index is -0.974. The van der Waals surface area contributed by atoms with Crippen molar-refractivity contribution in [3.05, 3.63) is 24.0 Å². The Bertz CT molecular complexity index is 626. The number of amides is 1. The summed E-state index contributed by atoms with van der Waals surface area (Å²) in [6.45, 7) is 3.55. The number of nitrogens with two attached hydrogens (primary N) is 1. The Kier molecular flexibility index (Phi) is 3.20. The number of aromatic nitrogens is 2. The van der Waals surface area contributed by atoms with Gasteiger partial charge in [0.15, 0.2) is 5.82 Å². The largest absolute Gasteiger partial charge is 0.497 e. The Morgan fingerprint density at radius 2 is 2.21 bits per heavy atom. The van der Waals surface area contributed by atoms with Crippen LogP contribution in [0.2, 0.25) is 0 Å². The van der Waals surface area contributed by atoms with E-state index in [2.05, 4.69) is 4.98 Å².